The zero-order valence-electron chi connectivity index (χ0n) is 15.7. The van der Waals surface area contributed by atoms with Crippen LogP contribution in [0.25, 0.3) is 0 Å². The van der Waals surface area contributed by atoms with Crippen molar-refractivity contribution in [1.82, 2.24) is 0 Å². The Labute approximate surface area is 150 Å². The number of carbonyl (C=O) groups is 2. The minimum absolute atomic E-state index is 0.230. The standard InChI is InChI=1S/C20H30O5/c1-19(2,18(23)24)9-5-7-15-11-16(13-17(22)12-15)8-6-10-20(3,4)25-14-21/h11-14,22H,5-10H2,1-4H3,(H,23,24). The van der Waals surface area contributed by atoms with Crippen molar-refractivity contribution in [1.29, 1.82) is 0 Å². The van der Waals surface area contributed by atoms with Gasteiger partial charge in [0.1, 0.15) is 11.4 Å². The highest BCUT2D eigenvalue weighted by Gasteiger charge is 2.26. The van der Waals surface area contributed by atoms with E-state index in [1.807, 2.05) is 13.8 Å². The summed E-state index contributed by atoms with van der Waals surface area (Å²) in [6, 6.07) is 5.54. The molecule has 0 saturated heterocycles. The molecule has 5 heteroatoms. The van der Waals surface area contributed by atoms with Gasteiger partial charge in [0.25, 0.3) is 6.47 Å². The van der Waals surface area contributed by atoms with Crippen LogP contribution in [-0.4, -0.2) is 28.3 Å². The van der Waals surface area contributed by atoms with Crippen LogP contribution >= 0.6 is 0 Å². The Morgan fingerprint density at radius 3 is 2.04 bits per heavy atom. The summed E-state index contributed by atoms with van der Waals surface area (Å²) in [5.74, 6) is -0.558. The van der Waals surface area contributed by atoms with E-state index in [1.165, 1.54) is 0 Å². The van der Waals surface area contributed by atoms with Crippen LogP contribution in [0.3, 0.4) is 0 Å². The Morgan fingerprint density at radius 2 is 1.56 bits per heavy atom. The molecule has 0 fully saturated rings. The topological polar surface area (TPSA) is 83.8 Å². The van der Waals surface area contributed by atoms with E-state index in [1.54, 1.807) is 26.0 Å². The van der Waals surface area contributed by atoms with Gasteiger partial charge in [0.05, 0.1) is 5.41 Å². The molecule has 0 amide bonds. The van der Waals surface area contributed by atoms with Gasteiger partial charge in [0.15, 0.2) is 0 Å². The summed E-state index contributed by atoms with van der Waals surface area (Å²) in [5, 5.41) is 19.1. The summed E-state index contributed by atoms with van der Waals surface area (Å²) in [6.07, 6.45) is 4.44. The van der Waals surface area contributed by atoms with Crippen molar-refractivity contribution in [3.05, 3.63) is 29.3 Å². The van der Waals surface area contributed by atoms with Crippen LogP contribution in [0, 0.1) is 5.41 Å². The lowest BCUT2D eigenvalue weighted by Crippen LogP contribution is -2.23. The molecule has 0 spiro atoms. The fourth-order valence-electron chi connectivity index (χ4n) is 2.78. The van der Waals surface area contributed by atoms with E-state index in [-0.39, 0.29) is 5.75 Å². The third kappa shape index (κ3) is 7.59. The van der Waals surface area contributed by atoms with Gasteiger partial charge in [0, 0.05) is 0 Å². The number of hydrogen-bond donors (Lipinski definition) is 2. The Bertz CT molecular complexity index is 590. The number of rotatable bonds is 11. The maximum absolute atomic E-state index is 11.1. The van der Waals surface area contributed by atoms with Gasteiger partial charge in [-0.3, -0.25) is 9.59 Å². The molecule has 0 heterocycles. The first-order valence-corrected chi connectivity index (χ1v) is 8.72. The van der Waals surface area contributed by atoms with Crippen LogP contribution in [0.2, 0.25) is 0 Å². The first-order valence-electron chi connectivity index (χ1n) is 8.72. The number of carboxylic acids is 1. The average molecular weight is 350 g/mol. The monoisotopic (exact) mass is 350 g/mol. The molecule has 0 aliphatic heterocycles. The number of aliphatic carboxylic acids is 1. The molecule has 0 radical (unpaired) electrons. The highest BCUT2D eigenvalue weighted by molar-refractivity contribution is 5.73. The van der Waals surface area contributed by atoms with E-state index in [4.69, 9.17) is 9.84 Å². The Morgan fingerprint density at radius 1 is 1.04 bits per heavy atom. The normalized spacial score (nSPS) is 12.0. The SMILES string of the molecule is CC(C)(CCCc1cc(O)cc(CCCC(C)(C)C(=O)O)c1)OC=O. The lowest BCUT2D eigenvalue weighted by Gasteiger charge is -2.22. The number of aromatic hydroxyl groups is 1. The molecule has 140 valence electrons. The number of phenolic OH excluding ortho intramolecular Hbond substituents is 1. The summed E-state index contributed by atoms with van der Waals surface area (Å²) in [5.41, 5.74) is 0.835. The number of benzene rings is 1. The first-order chi connectivity index (χ1) is 11.6. The minimum Gasteiger partial charge on any atom is -0.508 e. The smallest absolute Gasteiger partial charge is 0.309 e. The van der Waals surface area contributed by atoms with Crippen LogP contribution in [0.4, 0.5) is 0 Å². The number of aryl methyl sites for hydroxylation is 2. The van der Waals surface area contributed by atoms with E-state index in [0.717, 1.165) is 43.2 Å². The van der Waals surface area contributed by atoms with E-state index in [9.17, 15) is 14.7 Å². The van der Waals surface area contributed by atoms with Crippen LogP contribution in [0.5, 0.6) is 5.75 Å². The fourth-order valence-corrected chi connectivity index (χ4v) is 2.78. The molecule has 0 aliphatic carbocycles. The highest BCUT2D eigenvalue weighted by atomic mass is 16.5. The molecule has 2 N–H and O–H groups in total. The van der Waals surface area contributed by atoms with Crippen LogP contribution in [0.15, 0.2) is 18.2 Å². The Hall–Kier alpha value is -2.04. The van der Waals surface area contributed by atoms with Gasteiger partial charge in [0.2, 0.25) is 0 Å². The number of ether oxygens (including phenoxy) is 1. The highest BCUT2D eigenvalue weighted by Crippen LogP contribution is 2.26. The molecule has 0 saturated carbocycles. The van der Waals surface area contributed by atoms with Gasteiger partial charge in [-0.2, -0.15) is 0 Å². The van der Waals surface area contributed by atoms with Gasteiger partial charge in [-0.05, 0) is 89.5 Å². The Balaban J connectivity index is 2.58. The summed E-state index contributed by atoms with van der Waals surface area (Å²) in [7, 11) is 0. The minimum atomic E-state index is -0.788. The van der Waals surface area contributed by atoms with Gasteiger partial charge in [-0.25, -0.2) is 0 Å². The van der Waals surface area contributed by atoms with Crippen molar-refractivity contribution < 1.29 is 24.5 Å². The molecule has 25 heavy (non-hydrogen) atoms. The number of carbonyl (C=O) groups excluding carboxylic acids is 1. The lowest BCUT2D eigenvalue weighted by molar-refractivity contribution is -0.147. The average Bonchev–Trinajstić information content (AvgIpc) is 2.46. The molecule has 5 nitrogen and oxygen atoms in total. The molecule has 0 atom stereocenters. The third-order valence-corrected chi connectivity index (χ3v) is 4.49. The molecule has 0 bridgehead atoms. The fraction of sp³-hybridized carbons (Fsp3) is 0.600. The third-order valence-electron chi connectivity index (χ3n) is 4.49. The predicted molar refractivity (Wildman–Crippen MR) is 96.6 cm³/mol. The molecule has 1 aromatic carbocycles. The van der Waals surface area contributed by atoms with E-state index in [2.05, 4.69) is 6.07 Å². The van der Waals surface area contributed by atoms with Crippen LogP contribution in [-0.2, 0) is 27.2 Å². The molecule has 0 unspecified atom stereocenters. The molecule has 0 aromatic heterocycles. The van der Waals surface area contributed by atoms with Crippen molar-refractivity contribution in [2.24, 2.45) is 5.41 Å². The second kappa shape index (κ2) is 8.88. The van der Waals surface area contributed by atoms with Crippen molar-refractivity contribution in [3.63, 3.8) is 0 Å². The van der Waals surface area contributed by atoms with Crippen molar-refractivity contribution >= 4 is 12.4 Å². The van der Waals surface area contributed by atoms with E-state index >= 15 is 0 Å². The lowest BCUT2D eigenvalue weighted by atomic mass is 9.86. The zero-order chi connectivity index (χ0) is 19.1. The predicted octanol–water partition coefficient (Wildman–Crippen LogP) is 4.10. The maximum atomic E-state index is 11.1. The summed E-state index contributed by atoms with van der Waals surface area (Å²) in [4.78, 5) is 21.6. The second-order valence-electron chi connectivity index (χ2n) is 7.88. The molecule has 0 aliphatic rings. The zero-order valence-corrected chi connectivity index (χ0v) is 15.7. The van der Waals surface area contributed by atoms with Crippen molar-refractivity contribution in [2.75, 3.05) is 0 Å². The summed E-state index contributed by atoms with van der Waals surface area (Å²) in [6.45, 7) is 7.68. The quantitative estimate of drug-likeness (QED) is 0.587. The molecular weight excluding hydrogens is 320 g/mol. The van der Waals surface area contributed by atoms with Gasteiger partial charge < -0.3 is 14.9 Å². The Kier molecular flexibility index (Phi) is 7.46. The van der Waals surface area contributed by atoms with Gasteiger partial charge >= 0.3 is 5.97 Å². The summed E-state index contributed by atoms with van der Waals surface area (Å²) >= 11 is 0. The molecular formula is C20H30O5. The van der Waals surface area contributed by atoms with Crippen LogP contribution < -0.4 is 0 Å². The second-order valence-corrected chi connectivity index (χ2v) is 7.88. The molecule has 1 aromatic rings. The number of hydrogen-bond acceptors (Lipinski definition) is 4. The summed E-state index contributed by atoms with van der Waals surface area (Å²) < 4.78 is 5.04. The largest absolute Gasteiger partial charge is 0.508 e. The van der Waals surface area contributed by atoms with E-state index < -0.39 is 17.0 Å². The van der Waals surface area contributed by atoms with Crippen LogP contribution in [0.1, 0.15) is 64.5 Å². The number of carboxylic acid groups (broad SMARTS) is 1. The molecule has 1 rings (SSSR count). The van der Waals surface area contributed by atoms with Gasteiger partial charge in [-0.15, -0.1) is 0 Å². The first kappa shape index (κ1) is 21.0. The van der Waals surface area contributed by atoms with Crippen molar-refractivity contribution in [2.45, 2.75) is 71.8 Å². The van der Waals surface area contributed by atoms with Crippen molar-refractivity contribution in [3.8, 4) is 5.75 Å². The maximum Gasteiger partial charge on any atom is 0.309 e. The number of phenols is 1. The van der Waals surface area contributed by atoms with E-state index in [0.29, 0.717) is 12.9 Å². The van der Waals surface area contributed by atoms with Gasteiger partial charge in [-0.1, -0.05) is 6.07 Å².